The van der Waals surface area contributed by atoms with Crippen molar-refractivity contribution in [2.75, 3.05) is 11.9 Å². The van der Waals surface area contributed by atoms with Crippen molar-refractivity contribution in [2.45, 2.75) is 26.4 Å². The van der Waals surface area contributed by atoms with Crippen molar-refractivity contribution in [3.63, 3.8) is 0 Å². The summed E-state index contributed by atoms with van der Waals surface area (Å²) in [6.07, 6.45) is 1.85. The number of rotatable bonds is 4. The highest BCUT2D eigenvalue weighted by Crippen LogP contribution is 2.16. The Morgan fingerprint density at radius 3 is 2.37 bits per heavy atom. The van der Waals surface area contributed by atoms with Crippen molar-refractivity contribution < 1.29 is 0 Å². The van der Waals surface area contributed by atoms with Gasteiger partial charge < -0.3 is 10.6 Å². The Morgan fingerprint density at radius 1 is 1.16 bits per heavy atom. The molecule has 2 rings (SSSR count). The van der Waals surface area contributed by atoms with Crippen molar-refractivity contribution in [2.24, 2.45) is 5.73 Å². The average Bonchev–Trinajstić information content (AvgIpc) is 2.41. The van der Waals surface area contributed by atoms with E-state index in [0.717, 1.165) is 17.9 Å². The van der Waals surface area contributed by atoms with E-state index in [1.54, 1.807) is 0 Å². The van der Waals surface area contributed by atoms with Gasteiger partial charge in [-0.15, -0.1) is 0 Å². The lowest BCUT2D eigenvalue weighted by atomic mass is 10.1. The minimum atomic E-state index is 0.0314. The Bertz CT molecular complexity index is 515. The fourth-order valence-electron chi connectivity index (χ4n) is 1.94. The van der Waals surface area contributed by atoms with Crippen LogP contribution in [0.4, 0.5) is 5.82 Å². The molecule has 1 unspecified atom stereocenters. The van der Waals surface area contributed by atoms with Gasteiger partial charge in [0, 0.05) is 25.8 Å². The van der Waals surface area contributed by atoms with Crippen LogP contribution in [-0.2, 0) is 6.54 Å². The van der Waals surface area contributed by atoms with Crippen LogP contribution in [0.5, 0.6) is 0 Å². The summed E-state index contributed by atoms with van der Waals surface area (Å²) in [7, 11) is 2.05. The van der Waals surface area contributed by atoms with Gasteiger partial charge in [-0.1, -0.05) is 35.9 Å². The molecule has 0 bridgehead atoms. The molecule has 0 amide bonds. The van der Waals surface area contributed by atoms with Crippen LogP contribution in [0.1, 0.15) is 29.7 Å². The second-order valence-corrected chi connectivity index (χ2v) is 5.08. The van der Waals surface area contributed by atoms with Crippen LogP contribution in [-0.4, -0.2) is 12.0 Å². The summed E-state index contributed by atoms with van der Waals surface area (Å²) >= 11 is 0. The van der Waals surface area contributed by atoms with Gasteiger partial charge >= 0.3 is 0 Å². The van der Waals surface area contributed by atoms with Crippen LogP contribution in [0.15, 0.2) is 42.6 Å². The highest BCUT2D eigenvalue weighted by atomic mass is 15.2. The number of aryl methyl sites for hydroxylation is 1. The maximum Gasteiger partial charge on any atom is 0.128 e. The van der Waals surface area contributed by atoms with Gasteiger partial charge in [0.1, 0.15) is 5.82 Å². The predicted octanol–water partition coefficient (Wildman–Crippen LogP) is 3.05. The summed E-state index contributed by atoms with van der Waals surface area (Å²) in [4.78, 5) is 6.59. The van der Waals surface area contributed by atoms with Gasteiger partial charge in [0.05, 0.1) is 0 Å². The van der Waals surface area contributed by atoms with Crippen LogP contribution in [0.2, 0.25) is 0 Å². The molecule has 0 spiro atoms. The molecule has 0 aliphatic heterocycles. The van der Waals surface area contributed by atoms with Gasteiger partial charge in [-0.25, -0.2) is 4.98 Å². The number of benzene rings is 1. The largest absolute Gasteiger partial charge is 0.355 e. The third kappa shape index (κ3) is 3.55. The van der Waals surface area contributed by atoms with Crippen molar-refractivity contribution in [1.82, 2.24) is 4.98 Å². The van der Waals surface area contributed by atoms with Crippen LogP contribution < -0.4 is 10.6 Å². The lowest BCUT2D eigenvalue weighted by Crippen LogP contribution is -2.18. The van der Waals surface area contributed by atoms with E-state index in [-0.39, 0.29) is 6.04 Å². The number of anilines is 1. The average molecular weight is 255 g/mol. The van der Waals surface area contributed by atoms with E-state index in [1.165, 1.54) is 11.1 Å². The molecule has 0 saturated heterocycles. The molecule has 0 radical (unpaired) electrons. The molecule has 2 aromatic rings. The molecule has 3 nitrogen and oxygen atoms in total. The second kappa shape index (κ2) is 5.85. The lowest BCUT2D eigenvalue weighted by Gasteiger charge is -2.19. The number of aromatic nitrogens is 1. The zero-order valence-electron chi connectivity index (χ0n) is 11.8. The Labute approximate surface area is 115 Å². The normalized spacial score (nSPS) is 12.2. The summed E-state index contributed by atoms with van der Waals surface area (Å²) < 4.78 is 0. The zero-order chi connectivity index (χ0) is 13.8. The summed E-state index contributed by atoms with van der Waals surface area (Å²) in [5.74, 6) is 0.963. The first-order valence-corrected chi connectivity index (χ1v) is 6.54. The van der Waals surface area contributed by atoms with E-state index >= 15 is 0 Å². The standard InChI is InChI=1S/C16H21N3/c1-12-4-6-14(7-5-12)11-19(3)16-9-8-15(10-18-16)13(2)17/h4-10,13H,11,17H2,1-3H3. The highest BCUT2D eigenvalue weighted by Gasteiger charge is 2.05. The first-order valence-electron chi connectivity index (χ1n) is 6.54. The van der Waals surface area contributed by atoms with Crippen molar-refractivity contribution in [1.29, 1.82) is 0 Å². The fraction of sp³-hybridized carbons (Fsp3) is 0.312. The van der Waals surface area contributed by atoms with Crippen LogP contribution >= 0.6 is 0 Å². The van der Waals surface area contributed by atoms with Gasteiger partial charge in [-0.2, -0.15) is 0 Å². The van der Waals surface area contributed by atoms with Crippen LogP contribution in [0.3, 0.4) is 0 Å². The molecule has 0 aliphatic rings. The van der Waals surface area contributed by atoms with Crippen molar-refractivity contribution in [3.05, 3.63) is 59.3 Å². The van der Waals surface area contributed by atoms with Crippen LogP contribution in [0, 0.1) is 6.92 Å². The van der Waals surface area contributed by atoms with Gasteiger partial charge in [0.2, 0.25) is 0 Å². The molecule has 1 aromatic heterocycles. The molecule has 0 fully saturated rings. The molecule has 1 atom stereocenters. The third-order valence-electron chi connectivity index (χ3n) is 3.23. The summed E-state index contributed by atoms with van der Waals surface area (Å²) in [5, 5.41) is 0. The van der Waals surface area contributed by atoms with Crippen molar-refractivity contribution in [3.8, 4) is 0 Å². The molecule has 0 saturated carbocycles. The first kappa shape index (κ1) is 13.6. The second-order valence-electron chi connectivity index (χ2n) is 5.08. The molecule has 2 N–H and O–H groups in total. The van der Waals surface area contributed by atoms with Gasteiger partial charge in [-0.05, 0) is 31.0 Å². The minimum Gasteiger partial charge on any atom is -0.355 e. The summed E-state index contributed by atoms with van der Waals surface area (Å²) in [6, 6.07) is 12.7. The molecular formula is C16H21N3. The molecule has 1 heterocycles. The van der Waals surface area contributed by atoms with Gasteiger partial charge in [0.25, 0.3) is 0 Å². The van der Waals surface area contributed by atoms with E-state index in [1.807, 2.05) is 32.3 Å². The highest BCUT2D eigenvalue weighted by molar-refractivity contribution is 5.40. The van der Waals surface area contributed by atoms with Gasteiger partial charge in [-0.3, -0.25) is 0 Å². The maximum absolute atomic E-state index is 5.82. The number of nitrogens with two attached hydrogens (primary N) is 1. The Balaban J connectivity index is 2.07. The summed E-state index contributed by atoms with van der Waals surface area (Å²) in [6.45, 7) is 4.92. The van der Waals surface area contributed by atoms with E-state index in [2.05, 4.69) is 41.1 Å². The Kier molecular flexibility index (Phi) is 4.17. The SMILES string of the molecule is Cc1ccc(CN(C)c2ccc(C(C)N)cn2)cc1. The topological polar surface area (TPSA) is 42.1 Å². The Hall–Kier alpha value is -1.87. The third-order valence-corrected chi connectivity index (χ3v) is 3.23. The van der Waals surface area contributed by atoms with Gasteiger partial charge in [0.15, 0.2) is 0 Å². The number of pyridine rings is 1. The fourth-order valence-corrected chi connectivity index (χ4v) is 1.94. The lowest BCUT2D eigenvalue weighted by molar-refractivity contribution is 0.807. The van der Waals surface area contributed by atoms with Crippen molar-refractivity contribution >= 4 is 5.82 Å². The number of nitrogens with zero attached hydrogens (tertiary/aromatic N) is 2. The molecule has 0 aliphatic carbocycles. The maximum atomic E-state index is 5.82. The van der Waals surface area contributed by atoms with Crippen LogP contribution in [0.25, 0.3) is 0 Å². The smallest absolute Gasteiger partial charge is 0.128 e. The quantitative estimate of drug-likeness (QED) is 0.913. The monoisotopic (exact) mass is 255 g/mol. The predicted molar refractivity (Wildman–Crippen MR) is 80.1 cm³/mol. The molecule has 3 heteroatoms. The molecular weight excluding hydrogens is 234 g/mol. The van der Waals surface area contributed by atoms with E-state index in [4.69, 9.17) is 5.73 Å². The van der Waals surface area contributed by atoms with E-state index in [0.29, 0.717) is 0 Å². The first-order chi connectivity index (χ1) is 9.06. The zero-order valence-corrected chi connectivity index (χ0v) is 11.8. The van der Waals surface area contributed by atoms with E-state index in [9.17, 15) is 0 Å². The van der Waals surface area contributed by atoms with E-state index < -0.39 is 0 Å². The number of hydrogen-bond acceptors (Lipinski definition) is 3. The summed E-state index contributed by atoms with van der Waals surface area (Å²) in [5.41, 5.74) is 9.45. The Morgan fingerprint density at radius 2 is 1.84 bits per heavy atom. The minimum absolute atomic E-state index is 0.0314. The molecule has 100 valence electrons. The molecule has 1 aromatic carbocycles. The number of hydrogen-bond donors (Lipinski definition) is 1. The molecule has 19 heavy (non-hydrogen) atoms.